The first-order valence-corrected chi connectivity index (χ1v) is 3.75. The molecule has 0 aliphatic heterocycles. The first-order chi connectivity index (χ1) is 6.31. The molecule has 0 unspecified atom stereocenters. The molecule has 2 aromatic rings. The molecule has 1 heterocycles. The van der Waals surface area contributed by atoms with Crippen LogP contribution in [0.2, 0.25) is 0 Å². The van der Waals surface area contributed by atoms with E-state index in [-0.39, 0.29) is 5.75 Å². The summed E-state index contributed by atoms with van der Waals surface area (Å²) in [6.45, 7) is 0. The molecule has 1 aromatic heterocycles. The summed E-state index contributed by atoms with van der Waals surface area (Å²) < 4.78 is 17.9. The Morgan fingerprint density at radius 2 is 1.77 bits per heavy atom. The van der Waals surface area contributed by atoms with Crippen LogP contribution < -0.4 is 4.74 Å². The summed E-state index contributed by atoms with van der Waals surface area (Å²) in [6.07, 6.45) is 3.08. The minimum atomic E-state index is -0.421. The van der Waals surface area contributed by atoms with E-state index in [0.29, 0.717) is 11.0 Å². The Morgan fingerprint density at radius 3 is 2.38 bits per heavy atom. The van der Waals surface area contributed by atoms with Crippen molar-refractivity contribution in [3.8, 4) is 5.75 Å². The minimum Gasteiger partial charge on any atom is -0.494 e. The van der Waals surface area contributed by atoms with Gasteiger partial charge in [0.05, 0.1) is 18.1 Å². The van der Waals surface area contributed by atoms with Crippen LogP contribution in [0.1, 0.15) is 0 Å². The topological polar surface area (TPSA) is 35.0 Å². The van der Waals surface area contributed by atoms with Gasteiger partial charge in [0.25, 0.3) is 0 Å². The van der Waals surface area contributed by atoms with Crippen molar-refractivity contribution in [3.05, 3.63) is 30.3 Å². The van der Waals surface area contributed by atoms with Crippen molar-refractivity contribution in [2.45, 2.75) is 0 Å². The van der Waals surface area contributed by atoms with Gasteiger partial charge in [0.15, 0.2) is 11.6 Å². The predicted molar refractivity (Wildman–Crippen MR) is 46.0 cm³/mol. The van der Waals surface area contributed by atoms with E-state index in [1.54, 1.807) is 6.20 Å². The van der Waals surface area contributed by atoms with Crippen LogP contribution in [0.25, 0.3) is 11.0 Å². The fourth-order valence-electron chi connectivity index (χ4n) is 1.12. The molecule has 0 aliphatic carbocycles. The summed E-state index contributed by atoms with van der Waals surface area (Å²) in [7, 11) is 1.42. The van der Waals surface area contributed by atoms with Crippen LogP contribution >= 0.6 is 0 Å². The Morgan fingerprint density at radius 1 is 1.15 bits per heavy atom. The van der Waals surface area contributed by atoms with Crippen molar-refractivity contribution < 1.29 is 9.13 Å². The molecule has 0 amide bonds. The average Bonchev–Trinajstić information content (AvgIpc) is 2.17. The largest absolute Gasteiger partial charge is 0.494 e. The molecule has 2 rings (SSSR count). The van der Waals surface area contributed by atoms with E-state index in [2.05, 4.69) is 9.97 Å². The number of hydrogen-bond acceptors (Lipinski definition) is 3. The van der Waals surface area contributed by atoms with E-state index in [1.807, 2.05) is 0 Å². The summed E-state index contributed by atoms with van der Waals surface area (Å²) in [5.41, 5.74) is 1.15. The molecule has 0 radical (unpaired) electrons. The molecule has 0 fully saturated rings. The zero-order valence-corrected chi connectivity index (χ0v) is 6.99. The van der Waals surface area contributed by atoms with E-state index >= 15 is 0 Å². The lowest BCUT2D eigenvalue weighted by Gasteiger charge is -2.02. The number of rotatable bonds is 1. The van der Waals surface area contributed by atoms with Gasteiger partial charge in [-0.3, -0.25) is 9.97 Å². The third-order valence-electron chi connectivity index (χ3n) is 1.74. The normalized spacial score (nSPS) is 10.3. The minimum absolute atomic E-state index is 0.188. The molecule has 3 nitrogen and oxygen atoms in total. The first kappa shape index (κ1) is 7.91. The molecule has 0 bridgehead atoms. The van der Waals surface area contributed by atoms with Crippen LogP contribution in [0.15, 0.2) is 24.5 Å². The smallest absolute Gasteiger partial charge is 0.167 e. The van der Waals surface area contributed by atoms with Crippen molar-refractivity contribution in [1.82, 2.24) is 9.97 Å². The van der Waals surface area contributed by atoms with E-state index in [4.69, 9.17) is 4.74 Å². The van der Waals surface area contributed by atoms with Gasteiger partial charge in [0.1, 0.15) is 0 Å². The highest BCUT2D eigenvalue weighted by atomic mass is 19.1. The zero-order valence-electron chi connectivity index (χ0n) is 6.99. The molecule has 0 aliphatic rings. The maximum atomic E-state index is 13.1. The van der Waals surface area contributed by atoms with Gasteiger partial charge in [-0.25, -0.2) is 4.39 Å². The summed E-state index contributed by atoms with van der Waals surface area (Å²) >= 11 is 0. The van der Waals surface area contributed by atoms with Gasteiger partial charge in [0.2, 0.25) is 0 Å². The first-order valence-electron chi connectivity index (χ1n) is 3.75. The fraction of sp³-hybridized carbons (Fsp3) is 0.111. The van der Waals surface area contributed by atoms with Gasteiger partial charge in [0, 0.05) is 24.5 Å². The van der Waals surface area contributed by atoms with E-state index in [9.17, 15) is 4.39 Å². The number of nitrogens with zero attached hydrogens (tertiary/aromatic N) is 2. The van der Waals surface area contributed by atoms with Crippen LogP contribution in [-0.4, -0.2) is 17.1 Å². The highest BCUT2D eigenvalue weighted by molar-refractivity contribution is 5.75. The molecule has 0 spiro atoms. The summed E-state index contributed by atoms with van der Waals surface area (Å²) in [5, 5.41) is 0. The number of fused-ring (bicyclic) bond motifs is 1. The standard InChI is InChI=1S/C9H7FN2O/c1-13-9-5-8-7(4-6(9)10)11-2-3-12-8/h2-5H,1H3. The molecular weight excluding hydrogens is 171 g/mol. The molecule has 0 atom stereocenters. The van der Waals surface area contributed by atoms with Gasteiger partial charge in [-0.05, 0) is 0 Å². The van der Waals surface area contributed by atoms with Crippen molar-refractivity contribution in [2.24, 2.45) is 0 Å². The number of halogens is 1. The maximum absolute atomic E-state index is 13.1. The summed E-state index contributed by atoms with van der Waals surface area (Å²) in [4.78, 5) is 7.98. The maximum Gasteiger partial charge on any atom is 0.167 e. The Balaban J connectivity index is 2.74. The lowest BCUT2D eigenvalue weighted by Crippen LogP contribution is -1.90. The molecule has 4 heteroatoms. The number of aromatic nitrogens is 2. The van der Waals surface area contributed by atoms with Crippen molar-refractivity contribution in [2.75, 3.05) is 7.11 Å². The van der Waals surface area contributed by atoms with Gasteiger partial charge in [-0.1, -0.05) is 0 Å². The Labute approximate surface area is 74.2 Å². The van der Waals surface area contributed by atoms with E-state index < -0.39 is 5.82 Å². The molecule has 0 saturated carbocycles. The van der Waals surface area contributed by atoms with Crippen LogP contribution in [0.5, 0.6) is 5.75 Å². The SMILES string of the molecule is COc1cc2nccnc2cc1F. The molecule has 13 heavy (non-hydrogen) atoms. The van der Waals surface area contributed by atoms with Crippen molar-refractivity contribution in [3.63, 3.8) is 0 Å². The number of ether oxygens (including phenoxy) is 1. The lowest BCUT2D eigenvalue weighted by atomic mass is 10.3. The third kappa shape index (κ3) is 1.30. The van der Waals surface area contributed by atoms with Crippen LogP contribution in [-0.2, 0) is 0 Å². The highest BCUT2D eigenvalue weighted by Gasteiger charge is 2.05. The lowest BCUT2D eigenvalue weighted by molar-refractivity contribution is 0.387. The Bertz CT molecular complexity index is 445. The second kappa shape index (κ2) is 2.97. The third-order valence-corrected chi connectivity index (χ3v) is 1.74. The van der Waals surface area contributed by atoms with Gasteiger partial charge >= 0.3 is 0 Å². The number of benzene rings is 1. The van der Waals surface area contributed by atoms with Gasteiger partial charge in [-0.2, -0.15) is 0 Å². The zero-order chi connectivity index (χ0) is 9.26. The second-order valence-electron chi connectivity index (χ2n) is 2.53. The molecule has 1 aromatic carbocycles. The summed E-state index contributed by atoms with van der Waals surface area (Å²) in [5.74, 6) is -0.233. The number of methoxy groups -OCH3 is 1. The van der Waals surface area contributed by atoms with Gasteiger partial charge in [-0.15, -0.1) is 0 Å². The van der Waals surface area contributed by atoms with E-state index in [0.717, 1.165) is 0 Å². The van der Waals surface area contributed by atoms with Crippen LogP contribution in [0, 0.1) is 5.82 Å². The Hall–Kier alpha value is -1.71. The van der Waals surface area contributed by atoms with Crippen molar-refractivity contribution in [1.29, 1.82) is 0 Å². The van der Waals surface area contributed by atoms with Crippen molar-refractivity contribution >= 4 is 11.0 Å². The fourth-order valence-corrected chi connectivity index (χ4v) is 1.12. The monoisotopic (exact) mass is 178 g/mol. The van der Waals surface area contributed by atoms with Gasteiger partial charge < -0.3 is 4.74 Å². The summed E-state index contributed by atoms with van der Waals surface area (Å²) in [6, 6.07) is 2.83. The molecule has 66 valence electrons. The van der Waals surface area contributed by atoms with Crippen LogP contribution in [0.4, 0.5) is 4.39 Å². The second-order valence-corrected chi connectivity index (χ2v) is 2.53. The number of hydrogen-bond donors (Lipinski definition) is 0. The Kier molecular flexibility index (Phi) is 1.81. The molecule has 0 N–H and O–H groups in total. The van der Waals surface area contributed by atoms with E-state index in [1.165, 1.54) is 25.4 Å². The average molecular weight is 178 g/mol. The van der Waals surface area contributed by atoms with Crippen LogP contribution in [0.3, 0.4) is 0 Å². The molecule has 0 saturated heterocycles. The quantitative estimate of drug-likeness (QED) is 0.667. The highest BCUT2D eigenvalue weighted by Crippen LogP contribution is 2.21. The predicted octanol–water partition coefficient (Wildman–Crippen LogP) is 1.78. The molecular formula is C9H7FN2O.